The van der Waals surface area contributed by atoms with Crippen LogP contribution in [0.3, 0.4) is 0 Å². The van der Waals surface area contributed by atoms with Crippen molar-refractivity contribution in [2.75, 3.05) is 11.9 Å². The molecule has 3 nitrogen and oxygen atoms in total. The van der Waals surface area contributed by atoms with E-state index >= 15 is 0 Å². The summed E-state index contributed by atoms with van der Waals surface area (Å²) in [4.78, 5) is -0.326. The number of alkyl halides is 2. The first-order valence-electron chi connectivity index (χ1n) is 6.28. The van der Waals surface area contributed by atoms with Gasteiger partial charge in [0.05, 0.1) is 10.6 Å². The van der Waals surface area contributed by atoms with Crippen LogP contribution in [0, 0.1) is 11.8 Å². The second-order valence-electron chi connectivity index (χ2n) is 5.00. The summed E-state index contributed by atoms with van der Waals surface area (Å²) in [7, 11) is -4.56. The minimum atomic E-state index is -4.56. The van der Waals surface area contributed by atoms with Crippen LogP contribution in [-0.2, 0) is 9.84 Å². The predicted molar refractivity (Wildman–Crippen MR) is 70.0 cm³/mol. The van der Waals surface area contributed by atoms with Gasteiger partial charge in [0.25, 0.3) is 0 Å². The van der Waals surface area contributed by atoms with E-state index in [1.807, 2.05) is 0 Å². The molecule has 6 heteroatoms. The van der Waals surface area contributed by atoms with Crippen LogP contribution in [0.2, 0.25) is 0 Å². The van der Waals surface area contributed by atoms with Gasteiger partial charge >= 0.3 is 5.76 Å². The molecule has 1 aromatic rings. The largest absolute Gasteiger partial charge is 0.384 e. The maximum absolute atomic E-state index is 12.6. The summed E-state index contributed by atoms with van der Waals surface area (Å²) in [5.74, 6) is -2.30. The molecule has 1 unspecified atom stereocenters. The van der Waals surface area contributed by atoms with Gasteiger partial charge in [0.1, 0.15) is 0 Å². The molecule has 0 radical (unpaired) electrons. The molecule has 1 N–H and O–H groups in total. The van der Waals surface area contributed by atoms with E-state index in [4.69, 9.17) is 0 Å². The fourth-order valence-corrected chi connectivity index (χ4v) is 2.97. The van der Waals surface area contributed by atoms with Crippen LogP contribution in [-0.4, -0.2) is 20.7 Å². The summed E-state index contributed by atoms with van der Waals surface area (Å²) in [5, 5.41) is 2.98. The van der Waals surface area contributed by atoms with Crippen molar-refractivity contribution < 1.29 is 17.2 Å². The lowest BCUT2D eigenvalue weighted by Crippen LogP contribution is -2.17. The summed E-state index contributed by atoms with van der Waals surface area (Å²) >= 11 is 0. The molecular weight excluding hydrogens is 272 g/mol. The average Bonchev–Trinajstić information content (AvgIpc) is 3.20. The van der Waals surface area contributed by atoms with E-state index in [2.05, 4.69) is 12.2 Å². The highest BCUT2D eigenvalue weighted by molar-refractivity contribution is 7.91. The lowest BCUT2D eigenvalue weighted by Gasteiger charge is -2.15. The van der Waals surface area contributed by atoms with Gasteiger partial charge in [-0.2, -0.15) is 8.78 Å². The maximum Gasteiger partial charge on any atom is 0.341 e. The SMILES string of the molecule is CC(CNc1ccccc1S(=O)(=O)C(F)F)C1CC1. The van der Waals surface area contributed by atoms with E-state index in [9.17, 15) is 17.2 Å². The van der Waals surface area contributed by atoms with Crippen molar-refractivity contribution in [3.05, 3.63) is 24.3 Å². The highest BCUT2D eigenvalue weighted by atomic mass is 32.2. The van der Waals surface area contributed by atoms with Gasteiger partial charge in [-0.1, -0.05) is 19.1 Å². The number of rotatable bonds is 6. The molecule has 2 rings (SSSR count). The number of anilines is 1. The monoisotopic (exact) mass is 289 g/mol. The quantitative estimate of drug-likeness (QED) is 0.875. The molecule has 1 fully saturated rings. The molecule has 1 atom stereocenters. The first-order valence-corrected chi connectivity index (χ1v) is 7.82. The van der Waals surface area contributed by atoms with Crippen molar-refractivity contribution in [1.82, 2.24) is 0 Å². The van der Waals surface area contributed by atoms with E-state index in [1.165, 1.54) is 31.0 Å². The van der Waals surface area contributed by atoms with Gasteiger partial charge in [0, 0.05) is 6.54 Å². The minimum Gasteiger partial charge on any atom is -0.384 e. The van der Waals surface area contributed by atoms with E-state index in [0.29, 0.717) is 18.4 Å². The predicted octanol–water partition coefficient (Wildman–Crippen LogP) is 3.14. The Kier molecular flexibility index (Phi) is 4.08. The smallest absolute Gasteiger partial charge is 0.341 e. The van der Waals surface area contributed by atoms with Crippen molar-refractivity contribution in [3.63, 3.8) is 0 Å². The number of sulfone groups is 1. The Morgan fingerprint density at radius 3 is 2.53 bits per heavy atom. The van der Waals surface area contributed by atoms with E-state index < -0.39 is 15.6 Å². The third kappa shape index (κ3) is 3.23. The summed E-state index contributed by atoms with van der Waals surface area (Å²) in [5.41, 5.74) is 0.260. The van der Waals surface area contributed by atoms with Crippen LogP contribution in [0.15, 0.2) is 29.2 Å². The fourth-order valence-electron chi connectivity index (χ4n) is 2.06. The first kappa shape index (κ1) is 14.2. The zero-order chi connectivity index (χ0) is 14.0. The molecule has 0 aromatic heterocycles. The molecule has 1 aromatic carbocycles. The molecule has 0 spiro atoms. The number of halogens is 2. The van der Waals surface area contributed by atoms with E-state index in [-0.39, 0.29) is 10.6 Å². The lowest BCUT2D eigenvalue weighted by atomic mass is 10.1. The van der Waals surface area contributed by atoms with Crippen molar-refractivity contribution in [2.24, 2.45) is 11.8 Å². The number of hydrogen-bond donors (Lipinski definition) is 1. The van der Waals surface area contributed by atoms with Crippen LogP contribution in [0.1, 0.15) is 19.8 Å². The van der Waals surface area contributed by atoms with Crippen LogP contribution in [0.4, 0.5) is 14.5 Å². The Labute approximate surface area is 111 Å². The van der Waals surface area contributed by atoms with E-state index in [0.717, 1.165) is 0 Å². The standard InChI is InChI=1S/C13H17F2NO2S/c1-9(10-6-7-10)8-16-11-4-2-3-5-12(11)19(17,18)13(14)15/h2-5,9-10,13,16H,6-8H2,1H3. The Balaban J connectivity index is 2.16. The third-order valence-corrected chi connectivity index (χ3v) is 4.91. The van der Waals surface area contributed by atoms with E-state index in [1.54, 1.807) is 6.07 Å². The highest BCUT2D eigenvalue weighted by Gasteiger charge is 2.30. The van der Waals surface area contributed by atoms with Crippen LogP contribution in [0.25, 0.3) is 0 Å². The number of para-hydroxylation sites is 1. The molecule has 1 saturated carbocycles. The Morgan fingerprint density at radius 1 is 1.32 bits per heavy atom. The molecule has 0 amide bonds. The summed E-state index contributed by atoms with van der Waals surface area (Å²) < 4.78 is 48.3. The number of hydrogen-bond acceptors (Lipinski definition) is 3. The topological polar surface area (TPSA) is 46.2 Å². The van der Waals surface area contributed by atoms with Gasteiger partial charge in [-0.3, -0.25) is 0 Å². The molecule has 1 aliphatic rings. The van der Waals surface area contributed by atoms with Gasteiger partial charge < -0.3 is 5.32 Å². The first-order chi connectivity index (χ1) is 8.93. The number of benzene rings is 1. The summed E-state index contributed by atoms with van der Waals surface area (Å²) in [6.45, 7) is 2.68. The lowest BCUT2D eigenvalue weighted by molar-refractivity contribution is 0.235. The zero-order valence-corrected chi connectivity index (χ0v) is 11.5. The van der Waals surface area contributed by atoms with Crippen LogP contribution >= 0.6 is 0 Å². The second-order valence-corrected chi connectivity index (χ2v) is 6.88. The van der Waals surface area contributed by atoms with Crippen LogP contribution < -0.4 is 5.32 Å². The zero-order valence-electron chi connectivity index (χ0n) is 10.6. The van der Waals surface area contributed by atoms with Gasteiger partial charge in [-0.15, -0.1) is 0 Å². The minimum absolute atomic E-state index is 0.260. The second kappa shape index (κ2) is 5.45. The Morgan fingerprint density at radius 2 is 1.95 bits per heavy atom. The molecule has 0 bridgehead atoms. The van der Waals surface area contributed by atoms with Crippen molar-refractivity contribution in [3.8, 4) is 0 Å². The number of nitrogens with one attached hydrogen (secondary N) is 1. The fraction of sp³-hybridized carbons (Fsp3) is 0.538. The van der Waals surface area contributed by atoms with Crippen molar-refractivity contribution in [1.29, 1.82) is 0 Å². The van der Waals surface area contributed by atoms with Gasteiger partial charge in [-0.05, 0) is 36.8 Å². The molecule has 0 saturated heterocycles. The van der Waals surface area contributed by atoms with Crippen molar-refractivity contribution in [2.45, 2.75) is 30.4 Å². The molecular formula is C13H17F2NO2S. The van der Waals surface area contributed by atoms with Crippen LogP contribution in [0.5, 0.6) is 0 Å². The average molecular weight is 289 g/mol. The Bertz CT molecular complexity index is 541. The summed E-state index contributed by atoms with van der Waals surface area (Å²) in [6.07, 6.45) is 2.39. The van der Waals surface area contributed by atoms with Crippen molar-refractivity contribution >= 4 is 15.5 Å². The maximum atomic E-state index is 12.6. The van der Waals surface area contributed by atoms with Gasteiger partial charge in [0.2, 0.25) is 9.84 Å². The molecule has 0 aliphatic heterocycles. The molecule has 1 aliphatic carbocycles. The highest BCUT2D eigenvalue weighted by Crippen LogP contribution is 2.37. The molecule has 0 heterocycles. The molecule has 106 valence electrons. The third-order valence-electron chi connectivity index (χ3n) is 3.47. The normalized spacial score (nSPS) is 17.5. The van der Waals surface area contributed by atoms with Gasteiger partial charge in [0.15, 0.2) is 0 Å². The Hall–Kier alpha value is -1.17. The molecule has 19 heavy (non-hydrogen) atoms. The van der Waals surface area contributed by atoms with Gasteiger partial charge in [-0.25, -0.2) is 8.42 Å². The summed E-state index contributed by atoms with van der Waals surface area (Å²) in [6, 6.07) is 5.82.